The van der Waals surface area contributed by atoms with E-state index >= 15 is 0 Å². The summed E-state index contributed by atoms with van der Waals surface area (Å²) in [6.07, 6.45) is 11.0. The second-order valence-corrected chi connectivity index (χ2v) is 12.7. The molecule has 2 aromatic rings. The third-order valence-electron chi connectivity index (χ3n) is 6.24. The predicted octanol–water partition coefficient (Wildman–Crippen LogP) is -0.825. The van der Waals surface area contributed by atoms with Crippen molar-refractivity contribution in [3.05, 3.63) is 23.5 Å². The Morgan fingerprint density at radius 3 is 2.11 bits per heavy atom. The summed E-state index contributed by atoms with van der Waals surface area (Å²) in [4.78, 5) is 7.90. The first-order valence-corrected chi connectivity index (χ1v) is 15.7. The molecule has 8 nitrogen and oxygen atoms in total. The van der Waals surface area contributed by atoms with Crippen LogP contribution in [0, 0.1) is 0 Å². The van der Waals surface area contributed by atoms with Gasteiger partial charge in [0.2, 0.25) is 0 Å². The molecule has 37 heavy (non-hydrogen) atoms. The van der Waals surface area contributed by atoms with Gasteiger partial charge >= 0.3 is 59.1 Å². The molecule has 0 saturated heterocycles. The summed E-state index contributed by atoms with van der Waals surface area (Å²) in [5, 5.41) is -1.02. The van der Waals surface area contributed by atoms with Gasteiger partial charge in [0.15, 0.2) is 0 Å². The van der Waals surface area contributed by atoms with Gasteiger partial charge in [-0.1, -0.05) is 71.0 Å². The third-order valence-corrected chi connectivity index (χ3v) is 8.79. The van der Waals surface area contributed by atoms with Crippen LogP contribution in [-0.2, 0) is 33.1 Å². The van der Waals surface area contributed by atoms with Crippen LogP contribution in [0.4, 0.5) is 0 Å². The molecule has 0 aliphatic heterocycles. The zero-order valence-corrected chi connectivity index (χ0v) is 29.0. The molecule has 13 heteroatoms. The van der Waals surface area contributed by atoms with E-state index in [-0.39, 0.29) is 83.3 Å². The molecule has 0 fully saturated rings. The van der Waals surface area contributed by atoms with Crippen LogP contribution in [0.3, 0.4) is 0 Å². The van der Waals surface area contributed by atoms with E-state index in [9.17, 15) is 25.9 Å². The molecule has 198 valence electrons. The van der Waals surface area contributed by atoms with Crippen molar-refractivity contribution in [2.45, 2.75) is 107 Å². The maximum absolute atomic E-state index is 11.7. The van der Waals surface area contributed by atoms with Gasteiger partial charge in [0.1, 0.15) is 15.9 Å². The normalized spacial score (nSPS) is 12.6. The molecule has 0 amide bonds. The summed E-state index contributed by atoms with van der Waals surface area (Å²) >= 11 is 5.55. The van der Waals surface area contributed by atoms with Crippen LogP contribution < -0.4 is 59.1 Å². The van der Waals surface area contributed by atoms with Crippen LogP contribution in [0.2, 0.25) is 0 Å². The molecule has 1 heterocycles. The van der Waals surface area contributed by atoms with Crippen molar-refractivity contribution in [1.82, 2.24) is 9.97 Å². The summed E-state index contributed by atoms with van der Waals surface area (Å²) < 4.78 is 69.2. The molecule has 1 aromatic carbocycles. The van der Waals surface area contributed by atoms with E-state index in [1.165, 1.54) is 50.7 Å². The number of unbranched alkanes of at least 4 members (excludes halogenated alkanes) is 7. The Kier molecular flexibility index (Phi) is 18.4. The predicted molar refractivity (Wildman–Crippen MR) is 140 cm³/mol. The second kappa shape index (κ2) is 18.1. The number of aromatic amines is 1. The molecule has 2 rings (SSSR count). The Bertz CT molecular complexity index is 1200. The number of H-pyrrole nitrogens is 1. The van der Waals surface area contributed by atoms with Crippen LogP contribution in [0.15, 0.2) is 17.0 Å². The number of nitrogens with one attached hydrogen (secondary N) is 1. The first-order chi connectivity index (χ1) is 16.5. The monoisotopic (exact) mass is 590 g/mol. The van der Waals surface area contributed by atoms with Gasteiger partial charge in [-0.2, -0.15) is 0 Å². The quantitative estimate of drug-likeness (QED) is 0.109. The number of aryl methyl sites for hydroxylation is 1. The van der Waals surface area contributed by atoms with Crippen molar-refractivity contribution in [2.75, 3.05) is 0 Å². The first kappa shape index (κ1) is 37.6. The number of fused-ring (bicyclic) bond motifs is 1. The van der Waals surface area contributed by atoms with Gasteiger partial charge in [-0.25, -0.2) is 21.8 Å². The van der Waals surface area contributed by atoms with Gasteiger partial charge in [-0.05, 0) is 48.2 Å². The molecular weight excluding hydrogens is 554 g/mol. The standard InChI is InChI=1S/C24H38N2O6S3.2Na/c1-3-5-6-7-8-9-10-11-12-19(33)15-18-16-21(35(30,31)32)17-22-24(18)26-23(25-22)14-13-20(4-2)34(27,28)29;;/h16-17,20H,3-15H2,1-2H3,(H,25,26)(H,27,28,29)(H,30,31,32);;/q;2*+1/p-2. The Hall–Kier alpha value is 0.600. The van der Waals surface area contributed by atoms with Crippen LogP contribution in [0.25, 0.3) is 11.0 Å². The van der Waals surface area contributed by atoms with E-state index in [1.54, 1.807) is 6.92 Å². The van der Waals surface area contributed by atoms with E-state index in [2.05, 4.69) is 16.9 Å². The van der Waals surface area contributed by atoms with Gasteiger partial charge in [0.25, 0.3) is 0 Å². The Morgan fingerprint density at radius 2 is 1.57 bits per heavy atom. The largest absolute Gasteiger partial charge is 1.00 e. The number of rotatable bonds is 17. The first-order valence-electron chi connectivity index (χ1n) is 12.4. The summed E-state index contributed by atoms with van der Waals surface area (Å²) in [7, 11) is -9.10. The zero-order valence-electron chi connectivity index (χ0n) is 22.5. The number of hydrogen-bond acceptors (Lipinski definition) is 8. The van der Waals surface area contributed by atoms with Gasteiger partial charge < -0.3 is 14.1 Å². The van der Waals surface area contributed by atoms with E-state index < -0.39 is 25.5 Å². The molecular formula is C24H36N2Na2O6S3. The average Bonchev–Trinajstić information content (AvgIpc) is 3.18. The van der Waals surface area contributed by atoms with Gasteiger partial charge in [0, 0.05) is 18.1 Å². The smallest absolute Gasteiger partial charge is 0.748 e. The van der Waals surface area contributed by atoms with Crippen molar-refractivity contribution < 1.29 is 85.1 Å². The Morgan fingerprint density at radius 1 is 0.973 bits per heavy atom. The molecule has 1 atom stereocenters. The van der Waals surface area contributed by atoms with Crippen molar-refractivity contribution in [3.8, 4) is 0 Å². The van der Waals surface area contributed by atoms with E-state index in [4.69, 9.17) is 12.2 Å². The Labute approximate surface area is 271 Å². The topological polar surface area (TPSA) is 143 Å². The Balaban J connectivity index is 0.00000648. The molecule has 0 radical (unpaired) electrons. The number of nitrogens with zero attached hydrogens (tertiary/aromatic N) is 1. The van der Waals surface area contributed by atoms with E-state index in [0.717, 1.165) is 24.1 Å². The summed E-state index contributed by atoms with van der Waals surface area (Å²) in [5.41, 5.74) is 1.43. The molecule has 0 saturated carbocycles. The minimum Gasteiger partial charge on any atom is -0.748 e. The number of imidazole rings is 1. The number of benzene rings is 1. The van der Waals surface area contributed by atoms with Crippen molar-refractivity contribution in [3.63, 3.8) is 0 Å². The summed E-state index contributed by atoms with van der Waals surface area (Å²) in [5.74, 6) is 0.429. The van der Waals surface area contributed by atoms with Crippen molar-refractivity contribution in [1.29, 1.82) is 0 Å². The average molecular weight is 591 g/mol. The van der Waals surface area contributed by atoms with Gasteiger partial charge in [-0.3, -0.25) is 0 Å². The van der Waals surface area contributed by atoms with Crippen LogP contribution in [-0.4, -0.2) is 46.0 Å². The fourth-order valence-corrected chi connectivity index (χ4v) is 5.88. The van der Waals surface area contributed by atoms with Crippen molar-refractivity contribution >= 4 is 48.4 Å². The molecule has 0 aliphatic carbocycles. The van der Waals surface area contributed by atoms with Crippen LogP contribution >= 0.6 is 12.2 Å². The van der Waals surface area contributed by atoms with E-state index in [0.29, 0.717) is 28.8 Å². The SMILES string of the molecule is CCCCCCCCCCC(=S)Cc1cc(S(=O)(=O)[O-])cc2[nH]c(CCC(CC)S(=O)(=O)[O-])nc12.[Na+].[Na+]. The van der Waals surface area contributed by atoms with Crippen LogP contribution in [0.5, 0.6) is 0 Å². The molecule has 1 N–H and O–H groups in total. The maximum Gasteiger partial charge on any atom is 1.00 e. The summed E-state index contributed by atoms with van der Waals surface area (Å²) in [6.45, 7) is 3.83. The minimum absolute atomic E-state index is 0. The number of aromatic nitrogens is 2. The minimum atomic E-state index is -4.69. The fraction of sp³-hybridized carbons (Fsp3) is 0.667. The van der Waals surface area contributed by atoms with Gasteiger partial charge in [0.05, 0.1) is 26.0 Å². The van der Waals surface area contributed by atoms with Crippen LogP contribution in [0.1, 0.15) is 95.9 Å². The maximum atomic E-state index is 11.7. The molecule has 0 aliphatic rings. The zero-order chi connectivity index (χ0) is 26.1. The third kappa shape index (κ3) is 13.2. The second-order valence-electron chi connectivity index (χ2n) is 9.12. The van der Waals surface area contributed by atoms with Crippen molar-refractivity contribution in [2.24, 2.45) is 0 Å². The molecule has 0 bridgehead atoms. The molecule has 1 aromatic heterocycles. The molecule has 1 unspecified atom stereocenters. The summed E-state index contributed by atoms with van der Waals surface area (Å²) in [6, 6.07) is 2.56. The fourth-order valence-electron chi connectivity index (χ4n) is 4.22. The van der Waals surface area contributed by atoms with Gasteiger partial charge in [-0.15, -0.1) is 0 Å². The van der Waals surface area contributed by atoms with E-state index in [1.807, 2.05) is 0 Å². The number of hydrogen-bond donors (Lipinski definition) is 1. The molecule has 0 spiro atoms. The number of thiocarbonyl (C=S) groups is 1.